The number of ether oxygens (including phenoxy) is 1. The zero-order valence-corrected chi connectivity index (χ0v) is 18.4. The van der Waals surface area contributed by atoms with Crippen molar-refractivity contribution in [1.82, 2.24) is 4.90 Å². The molecule has 1 fully saturated rings. The number of amides is 1. The third-order valence-electron chi connectivity index (χ3n) is 5.93. The highest BCUT2D eigenvalue weighted by Gasteiger charge is 2.32. The average molecular weight is 473 g/mol. The molecule has 1 saturated heterocycles. The molecule has 0 unspecified atom stereocenters. The van der Waals surface area contributed by atoms with E-state index in [1.54, 1.807) is 6.07 Å². The van der Waals surface area contributed by atoms with E-state index in [9.17, 15) is 27.6 Å². The Labute approximate surface area is 192 Å². The maximum Gasteiger partial charge on any atom is 0.416 e. The maximum atomic E-state index is 12.7. The van der Waals surface area contributed by atoms with E-state index in [1.807, 2.05) is 19.1 Å². The number of nitrogens with zero attached hydrogens (tertiary/aromatic N) is 1. The van der Waals surface area contributed by atoms with E-state index in [-0.39, 0.29) is 31.2 Å². The lowest BCUT2D eigenvalue weighted by atomic mass is 9.96. The molecule has 0 atom stereocenters. The van der Waals surface area contributed by atoms with Gasteiger partial charge in [0, 0.05) is 35.7 Å². The third kappa shape index (κ3) is 5.13. The number of hydrogen-bond donors (Lipinski definition) is 0. The number of likely N-dealkylation sites (tertiary alicyclic amines) is 1. The van der Waals surface area contributed by atoms with E-state index in [1.165, 1.54) is 11.0 Å². The molecule has 0 radical (unpaired) electrons. The predicted octanol–water partition coefficient (Wildman–Crippen LogP) is 4.72. The Morgan fingerprint density at radius 3 is 2.38 bits per heavy atom. The van der Waals surface area contributed by atoms with Gasteiger partial charge in [-0.2, -0.15) is 13.2 Å². The van der Waals surface area contributed by atoms with Crippen LogP contribution in [0.15, 0.2) is 57.7 Å². The molecule has 2 heterocycles. The van der Waals surface area contributed by atoms with Crippen LogP contribution in [0.3, 0.4) is 0 Å². The van der Waals surface area contributed by atoms with Gasteiger partial charge < -0.3 is 14.1 Å². The minimum atomic E-state index is -4.46. The quantitative estimate of drug-likeness (QED) is 0.405. The summed E-state index contributed by atoms with van der Waals surface area (Å²) in [7, 11) is 0. The number of carbonyl (C=O) groups is 2. The van der Waals surface area contributed by atoms with Gasteiger partial charge in [-0.15, -0.1) is 0 Å². The fourth-order valence-corrected chi connectivity index (χ4v) is 4.03. The Morgan fingerprint density at radius 2 is 1.74 bits per heavy atom. The highest BCUT2D eigenvalue weighted by molar-refractivity contribution is 5.94. The van der Waals surface area contributed by atoms with Crippen molar-refractivity contribution in [3.05, 3.63) is 81.2 Å². The molecule has 4 rings (SSSR count). The summed E-state index contributed by atoms with van der Waals surface area (Å²) in [4.78, 5) is 38.6. The summed E-state index contributed by atoms with van der Waals surface area (Å²) >= 11 is 0. The number of hydrogen-bond acceptors (Lipinski definition) is 5. The molecule has 1 aliphatic heterocycles. The van der Waals surface area contributed by atoms with Crippen molar-refractivity contribution in [2.75, 3.05) is 13.1 Å². The molecule has 1 aromatic heterocycles. The van der Waals surface area contributed by atoms with Crippen LogP contribution in [0.4, 0.5) is 13.2 Å². The molecule has 1 aliphatic rings. The van der Waals surface area contributed by atoms with Crippen LogP contribution in [0.1, 0.15) is 39.9 Å². The summed E-state index contributed by atoms with van der Waals surface area (Å²) in [6.45, 7) is 2.38. The van der Waals surface area contributed by atoms with Crippen LogP contribution in [0.2, 0.25) is 0 Å². The third-order valence-corrected chi connectivity index (χ3v) is 5.93. The normalized spacial score (nSPS) is 14.9. The first-order valence-electron chi connectivity index (χ1n) is 10.8. The Bertz CT molecular complexity index is 1270. The Kier molecular flexibility index (Phi) is 6.45. The standard InChI is InChI=1S/C25H22F3NO5/c1-15-2-7-20-18(13-22(30)34-21(20)12-15)14-33-24(32)17-8-10-29(11-9-17)23(31)16-3-5-19(6-4-16)25(26,27)28/h2-7,12-13,17H,8-11,14H2,1H3. The molecule has 0 spiro atoms. The van der Waals surface area contributed by atoms with Crippen molar-refractivity contribution >= 4 is 22.8 Å². The summed E-state index contributed by atoms with van der Waals surface area (Å²) in [5.41, 5.74) is 0.730. The molecule has 0 aliphatic carbocycles. The second-order valence-corrected chi connectivity index (χ2v) is 8.34. The fraction of sp³-hybridized carbons (Fsp3) is 0.320. The van der Waals surface area contributed by atoms with Gasteiger partial charge in [0.15, 0.2) is 0 Å². The zero-order chi connectivity index (χ0) is 24.5. The molecule has 34 heavy (non-hydrogen) atoms. The van der Waals surface area contributed by atoms with Crippen LogP contribution >= 0.6 is 0 Å². The van der Waals surface area contributed by atoms with Gasteiger partial charge in [0.1, 0.15) is 12.2 Å². The van der Waals surface area contributed by atoms with Crippen LogP contribution in [0.5, 0.6) is 0 Å². The van der Waals surface area contributed by atoms with E-state index in [4.69, 9.17) is 9.15 Å². The molecule has 0 N–H and O–H groups in total. The Hall–Kier alpha value is -3.62. The van der Waals surface area contributed by atoms with E-state index < -0.39 is 29.3 Å². The number of rotatable bonds is 4. The second kappa shape index (κ2) is 9.32. The summed E-state index contributed by atoms with van der Waals surface area (Å²) < 4.78 is 48.8. The molecule has 178 valence electrons. The van der Waals surface area contributed by atoms with Gasteiger partial charge in [-0.05, 0) is 55.7 Å². The first kappa shape index (κ1) is 23.5. The van der Waals surface area contributed by atoms with E-state index >= 15 is 0 Å². The van der Waals surface area contributed by atoms with Crippen LogP contribution < -0.4 is 5.63 Å². The van der Waals surface area contributed by atoms with Crippen molar-refractivity contribution in [3.63, 3.8) is 0 Å². The van der Waals surface area contributed by atoms with Gasteiger partial charge >= 0.3 is 17.8 Å². The van der Waals surface area contributed by atoms with Crippen molar-refractivity contribution in [2.24, 2.45) is 5.92 Å². The number of benzene rings is 2. The molecule has 9 heteroatoms. The SMILES string of the molecule is Cc1ccc2c(COC(=O)C3CCN(C(=O)c4ccc(C(F)(F)F)cc4)CC3)cc(=O)oc2c1. The number of esters is 1. The van der Waals surface area contributed by atoms with Crippen molar-refractivity contribution in [3.8, 4) is 0 Å². The minimum Gasteiger partial charge on any atom is -0.461 e. The number of alkyl halides is 3. The van der Waals surface area contributed by atoms with E-state index in [0.29, 0.717) is 29.4 Å². The number of aryl methyl sites for hydroxylation is 1. The topological polar surface area (TPSA) is 76.8 Å². The van der Waals surface area contributed by atoms with Crippen LogP contribution in [-0.4, -0.2) is 29.9 Å². The first-order valence-corrected chi connectivity index (χ1v) is 10.8. The monoisotopic (exact) mass is 473 g/mol. The summed E-state index contributed by atoms with van der Waals surface area (Å²) in [6, 6.07) is 10.8. The highest BCUT2D eigenvalue weighted by atomic mass is 19.4. The summed E-state index contributed by atoms with van der Waals surface area (Å²) in [5.74, 6) is -1.21. The molecule has 3 aromatic rings. The average Bonchev–Trinajstić information content (AvgIpc) is 2.81. The van der Waals surface area contributed by atoms with Crippen molar-refractivity contribution in [1.29, 1.82) is 0 Å². The molecular formula is C25H22F3NO5. The summed E-state index contributed by atoms with van der Waals surface area (Å²) in [5, 5.41) is 0.690. The fourth-order valence-electron chi connectivity index (χ4n) is 4.03. The van der Waals surface area contributed by atoms with Crippen LogP contribution in [-0.2, 0) is 22.3 Å². The number of fused-ring (bicyclic) bond motifs is 1. The molecule has 2 aromatic carbocycles. The van der Waals surface area contributed by atoms with Gasteiger partial charge in [0.25, 0.3) is 5.91 Å². The number of carbonyl (C=O) groups excluding carboxylic acids is 2. The molecule has 6 nitrogen and oxygen atoms in total. The number of halogens is 3. The van der Waals surface area contributed by atoms with E-state index in [0.717, 1.165) is 29.8 Å². The van der Waals surface area contributed by atoms with Gasteiger partial charge in [-0.1, -0.05) is 12.1 Å². The van der Waals surface area contributed by atoms with Gasteiger partial charge in [-0.3, -0.25) is 9.59 Å². The molecule has 1 amide bonds. The van der Waals surface area contributed by atoms with Crippen molar-refractivity contribution < 1.29 is 31.9 Å². The molecular weight excluding hydrogens is 451 g/mol. The minimum absolute atomic E-state index is 0.0747. The lowest BCUT2D eigenvalue weighted by Crippen LogP contribution is -2.40. The Morgan fingerprint density at radius 1 is 1.06 bits per heavy atom. The van der Waals surface area contributed by atoms with Gasteiger partial charge in [0.05, 0.1) is 11.5 Å². The molecule has 0 bridgehead atoms. The zero-order valence-electron chi connectivity index (χ0n) is 18.4. The maximum absolute atomic E-state index is 12.7. The van der Waals surface area contributed by atoms with Crippen LogP contribution in [0.25, 0.3) is 11.0 Å². The predicted molar refractivity (Wildman–Crippen MR) is 117 cm³/mol. The smallest absolute Gasteiger partial charge is 0.416 e. The lowest BCUT2D eigenvalue weighted by Gasteiger charge is -2.31. The highest BCUT2D eigenvalue weighted by Crippen LogP contribution is 2.29. The first-order chi connectivity index (χ1) is 16.1. The Balaban J connectivity index is 1.34. The largest absolute Gasteiger partial charge is 0.461 e. The van der Waals surface area contributed by atoms with Crippen molar-refractivity contribution in [2.45, 2.75) is 32.5 Å². The summed E-state index contributed by atoms with van der Waals surface area (Å²) in [6.07, 6.45) is -3.71. The van der Waals surface area contributed by atoms with E-state index in [2.05, 4.69) is 0 Å². The van der Waals surface area contributed by atoms with Gasteiger partial charge in [-0.25, -0.2) is 4.79 Å². The number of piperidine rings is 1. The lowest BCUT2D eigenvalue weighted by molar-refractivity contribution is -0.151. The molecule has 0 saturated carbocycles. The van der Waals surface area contributed by atoms with Crippen LogP contribution in [0, 0.1) is 12.8 Å². The van der Waals surface area contributed by atoms with Gasteiger partial charge in [0.2, 0.25) is 0 Å². The second-order valence-electron chi connectivity index (χ2n) is 8.34.